The van der Waals surface area contributed by atoms with Crippen LogP contribution in [0.25, 0.3) is 0 Å². The van der Waals surface area contributed by atoms with Gasteiger partial charge in [0.1, 0.15) is 0 Å². The van der Waals surface area contributed by atoms with Gasteiger partial charge in [-0.3, -0.25) is 9.59 Å². The van der Waals surface area contributed by atoms with Crippen molar-refractivity contribution in [3.63, 3.8) is 0 Å². The first-order valence-corrected chi connectivity index (χ1v) is 8.24. The van der Waals surface area contributed by atoms with E-state index in [0.717, 1.165) is 24.0 Å². The van der Waals surface area contributed by atoms with Crippen LogP contribution in [0, 0.1) is 12.8 Å². The average molecular weight is 321 g/mol. The summed E-state index contributed by atoms with van der Waals surface area (Å²) in [4.78, 5) is 26.2. The second-order valence-electron chi connectivity index (χ2n) is 6.32. The number of aryl methyl sites for hydroxylation is 1. The van der Waals surface area contributed by atoms with Crippen molar-refractivity contribution in [2.75, 3.05) is 6.54 Å². The molecule has 0 radical (unpaired) electrons. The van der Waals surface area contributed by atoms with Gasteiger partial charge in [-0.2, -0.15) is 0 Å². The van der Waals surface area contributed by atoms with Crippen molar-refractivity contribution in [3.8, 4) is 0 Å². The van der Waals surface area contributed by atoms with Gasteiger partial charge in [0.05, 0.1) is 5.92 Å². The van der Waals surface area contributed by atoms with Crippen LogP contribution in [0.15, 0.2) is 18.2 Å². The molecule has 118 valence electrons. The first kappa shape index (κ1) is 15.3. The zero-order valence-electron chi connectivity index (χ0n) is 12.8. The molecule has 1 aromatic rings. The van der Waals surface area contributed by atoms with Crippen molar-refractivity contribution < 1.29 is 9.59 Å². The summed E-state index contributed by atoms with van der Waals surface area (Å²) in [6, 6.07) is 6.04. The van der Waals surface area contributed by atoms with Crippen LogP contribution in [0.3, 0.4) is 0 Å². The van der Waals surface area contributed by atoms with E-state index in [1.54, 1.807) is 0 Å². The molecule has 0 aromatic heterocycles. The molecular formula is C17H21ClN2O2. The lowest BCUT2D eigenvalue weighted by atomic mass is 9.92. The Morgan fingerprint density at radius 3 is 2.86 bits per heavy atom. The number of halogens is 1. The summed E-state index contributed by atoms with van der Waals surface area (Å²) in [5.74, 6) is -0.120. The van der Waals surface area contributed by atoms with Crippen molar-refractivity contribution in [1.29, 1.82) is 0 Å². The molecule has 1 aromatic carbocycles. The van der Waals surface area contributed by atoms with Crippen LogP contribution < -0.4 is 5.32 Å². The van der Waals surface area contributed by atoms with Gasteiger partial charge in [0, 0.05) is 30.6 Å². The van der Waals surface area contributed by atoms with E-state index in [2.05, 4.69) is 5.32 Å². The highest BCUT2D eigenvalue weighted by molar-refractivity contribution is 6.30. The molecule has 1 saturated heterocycles. The second-order valence-corrected chi connectivity index (χ2v) is 6.76. The van der Waals surface area contributed by atoms with Gasteiger partial charge in [0.2, 0.25) is 11.8 Å². The van der Waals surface area contributed by atoms with Gasteiger partial charge in [-0.05, 0) is 49.4 Å². The van der Waals surface area contributed by atoms with E-state index in [1.807, 2.05) is 30.0 Å². The summed E-state index contributed by atoms with van der Waals surface area (Å²) in [7, 11) is 0. The van der Waals surface area contributed by atoms with Gasteiger partial charge in [-0.1, -0.05) is 17.7 Å². The normalized spacial score (nSPS) is 21.8. The van der Waals surface area contributed by atoms with Crippen LogP contribution in [-0.2, 0) is 16.1 Å². The maximum absolute atomic E-state index is 12.3. The molecule has 1 aliphatic carbocycles. The van der Waals surface area contributed by atoms with Crippen LogP contribution in [0.1, 0.15) is 36.8 Å². The van der Waals surface area contributed by atoms with Crippen LogP contribution in [0.5, 0.6) is 0 Å². The molecule has 2 fully saturated rings. The third-order valence-corrected chi connectivity index (χ3v) is 5.04. The lowest BCUT2D eigenvalue weighted by molar-refractivity contribution is -0.131. The van der Waals surface area contributed by atoms with Crippen molar-refractivity contribution in [3.05, 3.63) is 34.3 Å². The largest absolute Gasteiger partial charge is 0.352 e. The van der Waals surface area contributed by atoms with E-state index in [9.17, 15) is 9.59 Å². The molecule has 1 unspecified atom stereocenters. The van der Waals surface area contributed by atoms with Crippen LogP contribution in [-0.4, -0.2) is 29.3 Å². The van der Waals surface area contributed by atoms with Crippen LogP contribution in [0.2, 0.25) is 5.02 Å². The van der Waals surface area contributed by atoms with E-state index < -0.39 is 0 Å². The highest BCUT2D eigenvalue weighted by atomic mass is 35.5. The predicted molar refractivity (Wildman–Crippen MR) is 85.5 cm³/mol. The summed E-state index contributed by atoms with van der Waals surface area (Å²) < 4.78 is 0. The highest BCUT2D eigenvalue weighted by Crippen LogP contribution is 2.30. The van der Waals surface area contributed by atoms with Crippen molar-refractivity contribution in [2.45, 2.75) is 45.2 Å². The van der Waals surface area contributed by atoms with Gasteiger partial charge < -0.3 is 10.2 Å². The molecule has 4 nitrogen and oxygen atoms in total. The Morgan fingerprint density at radius 2 is 2.18 bits per heavy atom. The Kier molecular flexibility index (Phi) is 4.39. The number of carbonyl (C=O) groups excluding carboxylic acids is 2. The molecule has 1 saturated carbocycles. The molecule has 1 aliphatic heterocycles. The number of hydrogen-bond acceptors (Lipinski definition) is 2. The van der Waals surface area contributed by atoms with Gasteiger partial charge in [-0.25, -0.2) is 0 Å². The predicted octanol–water partition coefficient (Wildman–Crippen LogP) is 2.67. The maximum Gasteiger partial charge on any atom is 0.225 e. The molecule has 1 heterocycles. The molecule has 0 bridgehead atoms. The minimum absolute atomic E-state index is 0.0328. The zero-order chi connectivity index (χ0) is 15.7. The first-order valence-electron chi connectivity index (χ1n) is 7.87. The van der Waals surface area contributed by atoms with E-state index >= 15 is 0 Å². The number of benzene rings is 1. The standard InChI is InChI=1S/C17H21ClN2O2/c1-11-5-6-14(18)7-12(11)9-19-17(22)13-8-16(21)20(10-13)15-3-2-4-15/h5-7,13,15H,2-4,8-10H2,1H3,(H,19,22). The Morgan fingerprint density at radius 1 is 1.41 bits per heavy atom. The third-order valence-electron chi connectivity index (χ3n) is 4.81. The maximum atomic E-state index is 12.3. The quantitative estimate of drug-likeness (QED) is 0.927. The average Bonchev–Trinajstić information content (AvgIpc) is 2.80. The van der Waals surface area contributed by atoms with Crippen molar-refractivity contribution >= 4 is 23.4 Å². The Bertz CT molecular complexity index is 598. The van der Waals surface area contributed by atoms with Gasteiger partial charge >= 0.3 is 0 Å². The molecule has 2 aliphatic rings. The summed E-state index contributed by atoms with van der Waals surface area (Å²) in [6.07, 6.45) is 3.71. The number of likely N-dealkylation sites (tertiary alicyclic amines) is 1. The molecule has 0 spiro atoms. The lowest BCUT2D eigenvalue weighted by Crippen LogP contribution is -2.42. The summed E-state index contributed by atoms with van der Waals surface area (Å²) >= 11 is 5.99. The third kappa shape index (κ3) is 3.12. The minimum Gasteiger partial charge on any atom is -0.352 e. The number of nitrogens with one attached hydrogen (secondary N) is 1. The zero-order valence-corrected chi connectivity index (χ0v) is 13.5. The van der Waals surface area contributed by atoms with E-state index in [-0.39, 0.29) is 17.7 Å². The number of nitrogens with zero attached hydrogens (tertiary/aromatic N) is 1. The summed E-state index contributed by atoms with van der Waals surface area (Å²) in [5, 5.41) is 3.62. The molecule has 1 atom stereocenters. The topological polar surface area (TPSA) is 49.4 Å². The fourth-order valence-corrected chi connectivity index (χ4v) is 3.31. The molecule has 2 amide bonds. The minimum atomic E-state index is -0.215. The second kappa shape index (κ2) is 6.29. The SMILES string of the molecule is Cc1ccc(Cl)cc1CNC(=O)C1CC(=O)N(C2CCC2)C1. The Labute approximate surface area is 135 Å². The van der Waals surface area contributed by atoms with Gasteiger partial charge in [0.15, 0.2) is 0 Å². The van der Waals surface area contributed by atoms with Crippen molar-refractivity contribution in [1.82, 2.24) is 10.2 Å². The summed E-state index contributed by atoms with van der Waals surface area (Å²) in [6.45, 7) is 3.03. The number of rotatable bonds is 4. The summed E-state index contributed by atoms with van der Waals surface area (Å²) in [5.41, 5.74) is 2.12. The molecule has 1 N–H and O–H groups in total. The lowest BCUT2D eigenvalue weighted by Gasteiger charge is -2.34. The van der Waals surface area contributed by atoms with E-state index in [4.69, 9.17) is 11.6 Å². The fourth-order valence-electron chi connectivity index (χ4n) is 3.12. The highest BCUT2D eigenvalue weighted by Gasteiger charge is 2.39. The van der Waals surface area contributed by atoms with Gasteiger partial charge in [0.25, 0.3) is 0 Å². The van der Waals surface area contributed by atoms with Crippen LogP contribution in [0.4, 0.5) is 0 Å². The molecule has 22 heavy (non-hydrogen) atoms. The van der Waals surface area contributed by atoms with Crippen LogP contribution >= 0.6 is 11.6 Å². The Hall–Kier alpha value is -1.55. The van der Waals surface area contributed by atoms with Gasteiger partial charge in [-0.15, -0.1) is 0 Å². The Balaban J connectivity index is 1.56. The van der Waals surface area contributed by atoms with Crippen molar-refractivity contribution in [2.24, 2.45) is 5.92 Å². The number of amides is 2. The first-order chi connectivity index (χ1) is 10.5. The monoisotopic (exact) mass is 320 g/mol. The fraction of sp³-hybridized carbons (Fsp3) is 0.529. The smallest absolute Gasteiger partial charge is 0.225 e. The molecular weight excluding hydrogens is 300 g/mol. The molecule has 3 rings (SSSR count). The van der Waals surface area contributed by atoms with E-state index in [0.29, 0.717) is 30.6 Å². The number of carbonyl (C=O) groups is 2. The number of hydrogen-bond donors (Lipinski definition) is 1. The molecule has 5 heteroatoms. The van der Waals surface area contributed by atoms with E-state index in [1.165, 1.54) is 6.42 Å².